The number of halogens is 1. The Morgan fingerprint density at radius 2 is 1.39 bits per heavy atom. The van der Waals surface area contributed by atoms with Gasteiger partial charge in [-0.05, 0) is 29.5 Å². The summed E-state index contributed by atoms with van der Waals surface area (Å²) in [6.45, 7) is 3.75. The molecule has 8 atom stereocenters. The fraction of sp³-hybridized carbons (Fsp3) is 0.550. The van der Waals surface area contributed by atoms with Crippen LogP contribution < -0.4 is 16.6 Å². The second-order valence-corrected chi connectivity index (χ2v) is 13.1. The maximum Gasteiger partial charge on any atom is 0.469 e. The molecule has 4 heterocycles. The van der Waals surface area contributed by atoms with Crippen molar-refractivity contribution in [1.82, 2.24) is 19.8 Å². The molecule has 1 aromatic heterocycles. The number of aliphatic hydroxyl groups is 4. The average Bonchev–Trinajstić information content (AvgIpc) is 3.35. The van der Waals surface area contributed by atoms with E-state index < -0.39 is 89.2 Å². The highest BCUT2D eigenvalue weighted by Crippen LogP contribution is 2.39. The van der Waals surface area contributed by atoms with Crippen LogP contribution in [0.4, 0.5) is 0 Å². The van der Waals surface area contributed by atoms with Crippen LogP contribution in [0.5, 0.6) is 0 Å². The lowest BCUT2D eigenvalue weighted by Gasteiger charge is -2.33. The summed E-state index contributed by atoms with van der Waals surface area (Å²) in [5, 5.41) is 42.1. The van der Waals surface area contributed by atoms with Crippen molar-refractivity contribution < 1.29 is 72.4 Å². The number of nitrogens with one attached hydrogen (secondary N) is 2. The number of phosphoric ester groups is 2. The Balaban J connectivity index is 0.000000240. The molecule has 10 N–H and O–H groups in total. The average molecular weight is 786 g/mol. The third-order valence-electron chi connectivity index (χ3n) is 6.22. The number of aromatic amines is 1. The number of aromatic nitrogens is 2. The van der Waals surface area contributed by atoms with Gasteiger partial charge in [0.15, 0.2) is 12.5 Å². The van der Waals surface area contributed by atoms with E-state index in [9.17, 15) is 43.9 Å². The molecule has 248 valence electrons. The van der Waals surface area contributed by atoms with Crippen molar-refractivity contribution in [2.75, 3.05) is 13.2 Å². The van der Waals surface area contributed by atoms with Gasteiger partial charge < -0.3 is 59.7 Å². The second kappa shape index (κ2) is 14.3. The number of nitrogens with zero attached hydrogens (tertiary/aromatic N) is 2. The van der Waals surface area contributed by atoms with E-state index in [4.69, 9.17) is 29.0 Å². The lowest BCUT2D eigenvalue weighted by Crippen LogP contribution is -2.47. The molecule has 21 nitrogen and oxygen atoms in total. The predicted molar refractivity (Wildman–Crippen MR) is 150 cm³/mol. The summed E-state index contributed by atoms with van der Waals surface area (Å²) < 4.78 is 41.6. The molecule has 0 spiro atoms. The van der Waals surface area contributed by atoms with Crippen LogP contribution in [0, 0.1) is 6.92 Å². The highest BCUT2D eigenvalue weighted by Gasteiger charge is 2.47. The largest absolute Gasteiger partial charge is 0.469 e. The van der Waals surface area contributed by atoms with Gasteiger partial charge >= 0.3 is 21.3 Å². The standard InChI is InChI=1S/C10H14IN2O8P.C10H15N2O9P/c1-4-12-9(16)5(11)2-13(4)10-8(15)7(14)6(21-10)3-20-22(17,18)19;1-4-2-12(10(16)11-8(4)15)9-7(14)6(13)5(21-9)3-20-22(17,18)19/h2,6-8,10,14-15H,1,3H2,(H,12,16)(H2,17,18,19);2,5-7,9,13-14H,3H2,1H3,(H,11,15,16)(H2,17,18,19)/t6-,7-,8-,10-;5-,6-,7-,9?/m11/s1. The van der Waals surface area contributed by atoms with Gasteiger partial charge in [0.25, 0.3) is 11.5 Å². The van der Waals surface area contributed by atoms with Gasteiger partial charge in [-0.3, -0.25) is 28.2 Å². The number of hydrogen-bond acceptors (Lipinski definition) is 14. The summed E-state index contributed by atoms with van der Waals surface area (Å²) in [6.07, 6.45) is -8.19. The number of carbonyl (C=O) groups is 1. The molecule has 4 rings (SSSR count). The van der Waals surface area contributed by atoms with Crippen LogP contribution in [0.15, 0.2) is 38.0 Å². The zero-order valence-corrected chi connectivity index (χ0v) is 26.3. The van der Waals surface area contributed by atoms with Gasteiger partial charge in [0, 0.05) is 18.0 Å². The van der Waals surface area contributed by atoms with Crippen LogP contribution in [0.2, 0.25) is 0 Å². The smallest absolute Gasteiger partial charge is 0.387 e. The quantitative estimate of drug-likeness (QED) is 0.0895. The molecule has 2 fully saturated rings. The maximum absolute atomic E-state index is 11.7. The number of H-pyrrole nitrogens is 1. The Morgan fingerprint density at radius 3 is 1.89 bits per heavy atom. The molecule has 0 radical (unpaired) electrons. The second-order valence-electron chi connectivity index (χ2n) is 9.43. The fourth-order valence-electron chi connectivity index (χ4n) is 4.05. The third-order valence-corrected chi connectivity index (χ3v) is 7.96. The van der Waals surface area contributed by atoms with Gasteiger partial charge in [-0.2, -0.15) is 0 Å². The molecule has 1 unspecified atom stereocenters. The number of phosphoric acid groups is 2. The summed E-state index contributed by atoms with van der Waals surface area (Å²) in [5.74, 6) is -0.227. The van der Waals surface area contributed by atoms with Gasteiger partial charge in [0.05, 0.1) is 16.8 Å². The van der Waals surface area contributed by atoms with Crippen molar-refractivity contribution in [3.63, 3.8) is 0 Å². The minimum atomic E-state index is -4.77. The van der Waals surface area contributed by atoms with Crippen LogP contribution in [0.1, 0.15) is 11.8 Å². The van der Waals surface area contributed by atoms with Crippen LogP contribution >= 0.6 is 38.2 Å². The molecule has 44 heavy (non-hydrogen) atoms. The minimum Gasteiger partial charge on any atom is -0.387 e. The van der Waals surface area contributed by atoms with Crippen LogP contribution in [0.3, 0.4) is 0 Å². The van der Waals surface area contributed by atoms with Gasteiger partial charge in [0.1, 0.15) is 42.4 Å². The van der Waals surface area contributed by atoms with Crippen molar-refractivity contribution in [3.8, 4) is 0 Å². The summed E-state index contributed by atoms with van der Waals surface area (Å²) in [6, 6.07) is 0. The van der Waals surface area contributed by atoms with Gasteiger partial charge in [-0.25, -0.2) is 13.9 Å². The summed E-state index contributed by atoms with van der Waals surface area (Å²) in [7, 11) is -9.49. The highest BCUT2D eigenvalue weighted by atomic mass is 127. The van der Waals surface area contributed by atoms with E-state index in [1.165, 1.54) is 18.0 Å². The van der Waals surface area contributed by atoms with E-state index in [1.54, 1.807) is 22.6 Å². The Morgan fingerprint density at radius 1 is 0.909 bits per heavy atom. The Hall–Kier alpha value is -1.86. The molecular weight excluding hydrogens is 757 g/mol. The molecule has 0 aromatic carbocycles. The lowest BCUT2D eigenvalue weighted by molar-refractivity contribution is -0.118. The van der Waals surface area contributed by atoms with Crippen molar-refractivity contribution in [3.05, 3.63) is 54.8 Å². The van der Waals surface area contributed by atoms with Crippen LogP contribution in [-0.4, -0.2) is 116 Å². The molecule has 3 aliphatic heterocycles. The van der Waals surface area contributed by atoms with Crippen LogP contribution in [-0.2, 0) is 32.4 Å². The van der Waals surface area contributed by atoms with Crippen molar-refractivity contribution >= 4 is 44.1 Å². The van der Waals surface area contributed by atoms with Crippen LogP contribution in [0.25, 0.3) is 0 Å². The molecule has 0 bridgehead atoms. The topological polar surface area (TPSA) is 320 Å². The van der Waals surface area contributed by atoms with E-state index in [1.807, 2.05) is 4.98 Å². The molecular formula is C20H29IN4O17P2. The molecule has 1 amide bonds. The number of carbonyl (C=O) groups excluding carboxylic acids is 1. The molecule has 0 aliphatic carbocycles. The Kier molecular flexibility index (Phi) is 11.9. The molecule has 24 heteroatoms. The van der Waals surface area contributed by atoms with E-state index in [2.05, 4.69) is 20.9 Å². The van der Waals surface area contributed by atoms with Crippen molar-refractivity contribution in [2.45, 2.75) is 56.0 Å². The van der Waals surface area contributed by atoms with E-state index in [-0.39, 0.29) is 17.3 Å². The molecule has 1 aromatic rings. The van der Waals surface area contributed by atoms with E-state index in [0.717, 1.165) is 10.8 Å². The fourth-order valence-corrected chi connectivity index (χ4v) is 5.17. The number of aryl methyl sites for hydroxylation is 1. The number of ether oxygens (including phenoxy) is 2. The molecule has 0 saturated carbocycles. The lowest BCUT2D eigenvalue weighted by atomic mass is 10.1. The normalized spacial score (nSPS) is 31.0. The van der Waals surface area contributed by atoms with E-state index in [0.29, 0.717) is 3.58 Å². The summed E-state index contributed by atoms with van der Waals surface area (Å²) in [4.78, 5) is 72.4. The third kappa shape index (κ3) is 9.11. The number of aliphatic hydroxyl groups excluding tert-OH is 4. The number of amides is 1. The first-order valence-corrected chi connectivity index (χ1v) is 16.3. The van der Waals surface area contributed by atoms with Crippen molar-refractivity contribution in [2.24, 2.45) is 0 Å². The maximum atomic E-state index is 11.7. The summed E-state index contributed by atoms with van der Waals surface area (Å²) in [5.41, 5.74) is -1.28. The molecule has 2 saturated heterocycles. The minimum absolute atomic E-state index is 0.137. The Bertz CT molecular complexity index is 1490. The Labute approximate surface area is 259 Å². The predicted octanol–water partition coefficient (Wildman–Crippen LogP) is -3.70. The summed E-state index contributed by atoms with van der Waals surface area (Å²) >= 11 is 1.78. The molecule has 3 aliphatic rings. The number of rotatable bonds is 8. The van der Waals surface area contributed by atoms with Gasteiger partial charge in [0.2, 0.25) is 0 Å². The van der Waals surface area contributed by atoms with Crippen molar-refractivity contribution in [1.29, 1.82) is 0 Å². The number of hydrogen-bond donors (Lipinski definition) is 10. The zero-order chi connectivity index (χ0) is 33.3. The van der Waals surface area contributed by atoms with E-state index >= 15 is 0 Å². The highest BCUT2D eigenvalue weighted by molar-refractivity contribution is 14.1. The first-order valence-electron chi connectivity index (χ1n) is 12.1. The first kappa shape index (κ1) is 36.6. The SMILES string of the molecule is C=C1NC(=O)C(I)=CN1[C@@H]1O[C@H](COP(=O)(O)O)[C@@H](O)[C@H]1O.Cc1cn(C2O[C@H](COP(=O)(O)O)[C@@H](O)[C@H]2O)c(=O)[nH]c1=O. The monoisotopic (exact) mass is 786 g/mol. The van der Waals surface area contributed by atoms with Gasteiger partial charge in [-0.15, -0.1) is 0 Å². The van der Waals surface area contributed by atoms with Gasteiger partial charge in [-0.1, -0.05) is 6.58 Å². The zero-order valence-electron chi connectivity index (χ0n) is 22.3. The first-order chi connectivity index (χ1) is 20.2.